The van der Waals surface area contributed by atoms with Crippen LogP contribution in [0.15, 0.2) is 221 Å². The summed E-state index contributed by atoms with van der Waals surface area (Å²) in [6, 6.07) is 74.4. The molecule has 0 N–H and O–H groups in total. The summed E-state index contributed by atoms with van der Waals surface area (Å²) in [7, 11) is 0. The average molecular weight is 870 g/mol. The van der Waals surface area contributed by atoms with Gasteiger partial charge in [-0.1, -0.05) is 164 Å². The first-order valence-corrected chi connectivity index (χ1v) is 22.8. The molecule has 5 aromatic heterocycles. The van der Waals surface area contributed by atoms with Gasteiger partial charge in [-0.15, -0.1) is 0 Å². The molecule has 0 bridgehead atoms. The Balaban J connectivity index is 1.08. The van der Waals surface area contributed by atoms with E-state index in [0.29, 0.717) is 17.6 Å². The third-order valence-corrected chi connectivity index (χ3v) is 13.8. The van der Waals surface area contributed by atoms with Gasteiger partial charge in [-0.2, -0.15) is 9.97 Å². The van der Waals surface area contributed by atoms with Crippen LogP contribution in [0.5, 0.6) is 0 Å². The van der Waals surface area contributed by atoms with Crippen molar-refractivity contribution in [2.24, 2.45) is 0 Å². The van der Waals surface area contributed by atoms with Gasteiger partial charge in [0.25, 0.3) is 0 Å². The molecule has 7 nitrogen and oxygen atoms in total. The van der Waals surface area contributed by atoms with Crippen molar-refractivity contribution < 1.29 is 8.83 Å². The summed E-state index contributed by atoms with van der Waals surface area (Å²) in [6.45, 7) is 0. The third-order valence-electron chi connectivity index (χ3n) is 13.8. The second-order valence-electron chi connectivity index (χ2n) is 17.5. The van der Waals surface area contributed by atoms with Crippen molar-refractivity contribution >= 4 is 98.3 Å². The number of fused-ring (bicyclic) bond motifs is 14. The largest absolute Gasteiger partial charge is 0.456 e. The maximum Gasteiger partial charge on any atom is 0.238 e. The molecule has 0 fully saturated rings. The first-order valence-electron chi connectivity index (χ1n) is 22.8. The molecular formula is C61H35N5O2. The smallest absolute Gasteiger partial charge is 0.238 e. The van der Waals surface area contributed by atoms with Crippen LogP contribution >= 0.6 is 0 Å². The number of rotatable bonds is 5. The number of aromatic nitrogens is 5. The fraction of sp³-hybridized carbons (Fsp3) is 0. The molecule has 10 aromatic carbocycles. The van der Waals surface area contributed by atoms with E-state index in [1.54, 1.807) is 0 Å². The lowest BCUT2D eigenvalue weighted by atomic mass is 9.96. The highest BCUT2D eigenvalue weighted by Gasteiger charge is 2.26. The highest BCUT2D eigenvalue weighted by Crippen LogP contribution is 2.45. The maximum atomic E-state index is 6.98. The zero-order chi connectivity index (χ0) is 44.5. The minimum atomic E-state index is 0.507. The highest BCUT2D eigenvalue weighted by atomic mass is 16.3. The molecule has 15 rings (SSSR count). The van der Waals surface area contributed by atoms with Crippen molar-refractivity contribution in [3.8, 4) is 45.5 Å². The number of benzene rings is 10. The molecule has 0 unspecified atom stereocenters. The Kier molecular flexibility index (Phi) is 7.65. The molecule has 0 radical (unpaired) electrons. The van der Waals surface area contributed by atoms with Crippen LogP contribution in [0.2, 0.25) is 0 Å². The van der Waals surface area contributed by atoms with Crippen LogP contribution in [-0.4, -0.2) is 24.1 Å². The first-order chi connectivity index (χ1) is 33.7. The first kappa shape index (κ1) is 36.9. The van der Waals surface area contributed by atoms with Crippen LogP contribution in [0.3, 0.4) is 0 Å². The van der Waals surface area contributed by atoms with Crippen molar-refractivity contribution in [3.05, 3.63) is 212 Å². The van der Waals surface area contributed by atoms with E-state index in [-0.39, 0.29) is 0 Å². The van der Waals surface area contributed by atoms with Gasteiger partial charge in [-0.3, -0.25) is 4.57 Å². The van der Waals surface area contributed by atoms with E-state index in [9.17, 15) is 0 Å². The van der Waals surface area contributed by atoms with Gasteiger partial charge < -0.3 is 13.4 Å². The molecule has 68 heavy (non-hydrogen) atoms. The number of furan rings is 2. The molecule has 0 saturated heterocycles. The zero-order valence-electron chi connectivity index (χ0n) is 36.3. The quantitative estimate of drug-likeness (QED) is 0.172. The lowest BCUT2D eigenvalue weighted by Gasteiger charge is -2.15. The fourth-order valence-electron chi connectivity index (χ4n) is 10.7. The van der Waals surface area contributed by atoms with Gasteiger partial charge in [0.1, 0.15) is 16.7 Å². The molecule has 7 heteroatoms. The molecule has 0 atom stereocenters. The number of hydrogen-bond acceptors (Lipinski definition) is 5. The summed E-state index contributed by atoms with van der Waals surface area (Å²) in [6.07, 6.45) is 0. The second kappa shape index (κ2) is 14.1. The summed E-state index contributed by atoms with van der Waals surface area (Å²) >= 11 is 0. The predicted molar refractivity (Wildman–Crippen MR) is 277 cm³/mol. The topological polar surface area (TPSA) is 74.8 Å². The molecule has 0 aliphatic carbocycles. The van der Waals surface area contributed by atoms with E-state index in [1.165, 1.54) is 10.8 Å². The van der Waals surface area contributed by atoms with Gasteiger partial charge >= 0.3 is 0 Å². The van der Waals surface area contributed by atoms with Gasteiger partial charge in [-0.25, -0.2) is 4.98 Å². The van der Waals surface area contributed by atoms with E-state index < -0.39 is 0 Å². The molecule has 15 aromatic rings. The van der Waals surface area contributed by atoms with Crippen molar-refractivity contribution in [3.63, 3.8) is 0 Å². The Morgan fingerprint density at radius 1 is 0.324 bits per heavy atom. The Bertz CT molecular complexity index is 4570. The molecule has 0 saturated carbocycles. The van der Waals surface area contributed by atoms with Crippen LogP contribution in [0.25, 0.3) is 144 Å². The highest BCUT2D eigenvalue weighted by molar-refractivity contribution is 6.24. The standard InChI is InChI=1S/C61H35N5O2/c1-2-16-37(17-3-1)59-62-60(38-29-30-46-44-22-8-12-27-53(44)67-55(46)35-38)64-61(63-59)66-51-26-11-7-21-43(51)48-32-31-47-42-20-6-10-25-50(42)65(56(47)57(48)66)52-34-39(41-24-14-18-36-15-4-5-19-40(36)41)33-49-45-23-9-13-28-54(45)68-58(49)52/h1-35H. The van der Waals surface area contributed by atoms with Gasteiger partial charge in [0.05, 0.1) is 27.8 Å². The molecular weight excluding hydrogens is 835 g/mol. The van der Waals surface area contributed by atoms with Crippen molar-refractivity contribution in [2.75, 3.05) is 0 Å². The molecule has 0 spiro atoms. The van der Waals surface area contributed by atoms with Crippen LogP contribution in [-0.2, 0) is 0 Å². The minimum absolute atomic E-state index is 0.507. The number of nitrogens with zero attached hydrogens (tertiary/aromatic N) is 5. The van der Waals surface area contributed by atoms with Crippen molar-refractivity contribution in [1.29, 1.82) is 0 Å². The molecule has 0 aliphatic rings. The van der Waals surface area contributed by atoms with E-state index in [0.717, 1.165) is 115 Å². The minimum Gasteiger partial charge on any atom is -0.456 e. The molecule has 0 aliphatic heterocycles. The Morgan fingerprint density at radius 2 is 0.882 bits per heavy atom. The molecule has 0 amide bonds. The predicted octanol–water partition coefficient (Wildman–Crippen LogP) is 16.0. The zero-order valence-corrected chi connectivity index (χ0v) is 36.3. The van der Waals surface area contributed by atoms with E-state index in [4.69, 9.17) is 23.8 Å². The fourth-order valence-corrected chi connectivity index (χ4v) is 10.7. The Labute approximate surface area is 387 Å². The summed E-state index contributed by atoms with van der Waals surface area (Å²) in [5.74, 6) is 1.62. The van der Waals surface area contributed by atoms with E-state index >= 15 is 0 Å². The summed E-state index contributed by atoms with van der Waals surface area (Å²) in [5.41, 5.74) is 12.2. The van der Waals surface area contributed by atoms with Crippen LogP contribution in [0.4, 0.5) is 0 Å². The molecule has 5 heterocycles. The van der Waals surface area contributed by atoms with Crippen molar-refractivity contribution in [1.82, 2.24) is 24.1 Å². The maximum absolute atomic E-state index is 6.98. The van der Waals surface area contributed by atoms with Crippen LogP contribution in [0.1, 0.15) is 0 Å². The number of hydrogen-bond donors (Lipinski definition) is 0. The molecule has 316 valence electrons. The van der Waals surface area contributed by atoms with Gasteiger partial charge in [0, 0.05) is 54.2 Å². The van der Waals surface area contributed by atoms with E-state index in [1.807, 2.05) is 48.5 Å². The lowest BCUT2D eigenvalue weighted by Crippen LogP contribution is -2.07. The second-order valence-corrected chi connectivity index (χ2v) is 17.5. The Morgan fingerprint density at radius 3 is 1.65 bits per heavy atom. The SMILES string of the molecule is c1ccc(-c2nc(-c3ccc4c(c3)oc3ccccc34)nc(-n3c4ccccc4c4ccc5c6ccccc6n(-c6cc(-c7cccc8ccccc78)cc7c6oc6ccccc67)c5c43)n2)cc1. The number of para-hydroxylation sites is 4. The van der Waals surface area contributed by atoms with Crippen molar-refractivity contribution in [2.45, 2.75) is 0 Å². The third kappa shape index (κ3) is 5.32. The normalized spacial score (nSPS) is 12.1. The van der Waals surface area contributed by atoms with E-state index in [2.05, 4.69) is 173 Å². The van der Waals surface area contributed by atoms with Gasteiger partial charge in [-0.05, 0) is 70.4 Å². The van der Waals surface area contributed by atoms with Crippen LogP contribution in [0, 0.1) is 0 Å². The van der Waals surface area contributed by atoms with Gasteiger partial charge in [0.2, 0.25) is 5.95 Å². The summed E-state index contributed by atoms with van der Waals surface area (Å²) in [4.78, 5) is 16.0. The lowest BCUT2D eigenvalue weighted by molar-refractivity contribution is 0.666. The van der Waals surface area contributed by atoms with Crippen LogP contribution < -0.4 is 0 Å². The summed E-state index contributed by atoms with van der Waals surface area (Å²) in [5, 5.41) is 11.0. The summed E-state index contributed by atoms with van der Waals surface area (Å²) < 4.78 is 18.0. The average Bonchev–Trinajstić information content (AvgIpc) is 4.16. The monoisotopic (exact) mass is 869 g/mol. The Hall–Kier alpha value is -9.33. The van der Waals surface area contributed by atoms with Gasteiger partial charge in [0.15, 0.2) is 17.2 Å².